The third-order valence-electron chi connectivity index (χ3n) is 1.50. The van der Waals surface area contributed by atoms with Gasteiger partial charge in [-0.2, -0.15) is 11.8 Å². The van der Waals surface area contributed by atoms with Gasteiger partial charge in [-0.05, 0) is 19.1 Å². The first-order valence-corrected chi connectivity index (χ1v) is 5.62. The van der Waals surface area contributed by atoms with Crippen LogP contribution in [0.4, 0.5) is 0 Å². The molecule has 0 saturated carbocycles. The first-order chi connectivity index (χ1) is 6.16. The quantitative estimate of drug-likeness (QED) is 0.617. The zero-order chi connectivity index (χ0) is 10.1. The summed E-state index contributed by atoms with van der Waals surface area (Å²) in [4.78, 5) is 10.3. The molecule has 0 aromatic carbocycles. The highest BCUT2D eigenvalue weighted by Crippen LogP contribution is 2.14. The van der Waals surface area contributed by atoms with Gasteiger partial charge in [0.15, 0.2) is 0 Å². The maximum Gasteiger partial charge on any atom is 0.304 e. The van der Waals surface area contributed by atoms with Gasteiger partial charge in [0.25, 0.3) is 0 Å². The molecule has 0 fully saturated rings. The first kappa shape index (κ1) is 12.8. The highest BCUT2D eigenvalue weighted by atomic mass is 32.2. The van der Waals surface area contributed by atoms with Crippen LogP contribution in [-0.4, -0.2) is 35.3 Å². The molecule has 78 valence electrons. The first-order valence-electron chi connectivity index (χ1n) is 4.58. The summed E-state index contributed by atoms with van der Waals surface area (Å²) in [6.45, 7) is 5.46. The second-order valence-corrected chi connectivity index (χ2v) is 4.38. The fourth-order valence-electron chi connectivity index (χ4n) is 0.895. The van der Waals surface area contributed by atoms with Gasteiger partial charge in [0.2, 0.25) is 0 Å². The maximum absolute atomic E-state index is 10.3. The highest BCUT2D eigenvalue weighted by Gasteiger charge is 2.06. The van der Waals surface area contributed by atoms with Gasteiger partial charge < -0.3 is 9.84 Å². The molecule has 0 bridgehead atoms. The molecule has 3 nitrogen and oxygen atoms in total. The fraction of sp³-hybridized carbons (Fsp3) is 0.889. The second kappa shape index (κ2) is 8.38. The second-order valence-electron chi connectivity index (χ2n) is 2.83. The van der Waals surface area contributed by atoms with Crippen molar-refractivity contribution in [2.45, 2.75) is 31.9 Å². The van der Waals surface area contributed by atoms with Crippen LogP contribution < -0.4 is 0 Å². The number of hydrogen-bond donors (Lipinski definition) is 1. The van der Waals surface area contributed by atoms with Crippen LogP contribution in [0.1, 0.15) is 26.7 Å². The number of carboxylic acids is 1. The molecule has 0 rings (SSSR count). The summed E-state index contributed by atoms with van der Waals surface area (Å²) in [5, 5.41) is 8.69. The van der Waals surface area contributed by atoms with Gasteiger partial charge >= 0.3 is 5.97 Å². The molecule has 0 amide bonds. The maximum atomic E-state index is 10.3. The molecule has 13 heavy (non-hydrogen) atoms. The van der Waals surface area contributed by atoms with Crippen molar-refractivity contribution in [3.63, 3.8) is 0 Å². The minimum absolute atomic E-state index is 0.208. The van der Waals surface area contributed by atoms with Crippen LogP contribution in [0.2, 0.25) is 0 Å². The summed E-state index contributed by atoms with van der Waals surface area (Å²) in [6, 6.07) is 0. The van der Waals surface area contributed by atoms with E-state index in [9.17, 15) is 4.79 Å². The molecular weight excluding hydrogens is 188 g/mol. The predicted octanol–water partition coefficient (Wildman–Crippen LogP) is 2.01. The van der Waals surface area contributed by atoms with Crippen LogP contribution in [0.3, 0.4) is 0 Å². The van der Waals surface area contributed by atoms with E-state index in [1.807, 2.05) is 13.8 Å². The molecule has 0 aliphatic carbocycles. The SMILES string of the molecule is CCOCCCSC(C)CC(=O)O. The molecule has 4 heteroatoms. The lowest BCUT2D eigenvalue weighted by Crippen LogP contribution is -2.07. The average molecular weight is 206 g/mol. The zero-order valence-electron chi connectivity index (χ0n) is 8.28. The average Bonchev–Trinajstić information content (AvgIpc) is 2.02. The van der Waals surface area contributed by atoms with E-state index in [0.29, 0.717) is 0 Å². The smallest absolute Gasteiger partial charge is 0.304 e. The summed E-state index contributed by atoms with van der Waals surface area (Å²) in [6.07, 6.45) is 1.25. The molecule has 0 aromatic rings. The number of carbonyl (C=O) groups is 1. The molecule has 1 atom stereocenters. The van der Waals surface area contributed by atoms with Crippen molar-refractivity contribution < 1.29 is 14.6 Å². The monoisotopic (exact) mass is 206 g/mol. The minimum Gasteiger partial charge on any atom is -0.481 e. The summed E-state index contributed by atoms with van der Waals surface area (Å²) < 4.78 is 5.17. The molecule has 1 N–H and O–H groups in total. The highest BCUT2D eigenvalue weighted by molar-refractivity contribution is 7.99. The number of hydrogen-bond acceptors (Lipinski definition) is 3. The van der Waals surface area contributed by atoms with Crippen LogP contribution in [0.5, 0.6) is 0 Å². The summed E-state index contributed by atoms with van der Waals surface area (Å²) in [5.41, 5.74) is 0. The zero-order valence-corrected chi connectivity index (χ0v) is 9.10. The van der Waals surface area contributed by atoms with Crippen molar-refractivity contribution in [2.75, 3.05) is 19.0 Å². The van der Waals surface area contributed by atoms with Crippen molar-refractivity contribution in [2.24, 2.45) is 0 Å². The lowest BCUT2D eigenvalue weighted by Gasteiger charge is -2.07. The van der Waals surface area contributed by atoms with Crippen LogP contribution in [0.15, 0.2) is 0 Å². The van der Waals surface area contributed by atoms with Gasteiger partial charge in [0, 0.05) is 18.5 Å². The van der Waals surface area contributed by atoms with Crippen LogP contribution in [0, 0.1) is 0 Å². The van der Waals surface area contributed by atoms with Crippen molar-refractivity contribution in [1.29, 1.82) is 0 Å². The summed E-state index contributed by atoms with van der Waals surface area (Å²) in [5.74, 6) is 0.263. The molecule has 0 radical (unpaired) electrons. The topological polar surface area (TPSA) is 46.5 Å². The summed E-state index contributed by atoms with van der Waals surface area (Å²) >= 11 is 1.69. The molecule has 1 unspecified atom stereocenters. The Hall–Kier alpha value is -0.220. The normalized spacial score (nSPS) is 12.8. The Balaban J connectivity index is 3.17. The van der Waals surface area contributed by atoms with Gasteiger partial charge in [0.1, 0.15) is 0 Å². The van der Waals surface area contributed by atoms with Gasteiger partial charge in [-0.1, -0.05) is 6.92 Å². The lowest BCUT2D eigenvalue weighted by atomic mass is 10.3. The van der Waals surface area contributed by atoms with Crippen molar-refractivity contribution in [3.8, 4) is 0 Å². The Kier molecular flexibility index (Phi) is 8.24. The van der Waals surface area contributed by atoms with Crippen LogP contribution in [0.25, 0.3) is 0 Å². The van der Waals surface area contributed by atoms with Crippen molar-refractivity contribution in [3.05, 3.63) is 0 Å². The number of rotatable bonds is 8. The Labute approximate surface area is 83.9 Å². The lowest BCUT2D eigenvalue weighted by molar-refractivity contribution is -0.136. The van der Waals surface area contributed by atoms with Crippen LogP contribution >= 0.6 is 11.8 Å². The van der Waals surface area contributed by atoms with E-state index in [0.717, 1.165) is 25.4 Å². The van der Waals surface area contributed by atoms with E-state index in [1.165, 1.54) is 0 Å². The van der Waals surface area contributed by atoms with Gasteiger partial charge in [-0.15, -0.1) is 0 Å². The van der Waals surface area contributed by atoms with E-state index in [2.05, 4.69) is 0 Å². The van der Waals surface area contributed by atoms with Gasteiger partial charge in [0.05, 0.1) is 6.42 Å². The van der Waals surface area contributed by atoms with Crippen molar-refractivity contribution >= 4 is 17.7 Å². The largest absolute Gasteiger partial charge is 0.481 e. The Morgan fingerprint density at radius 3 is 2.85 bits per heavy atom. The van der Waals surface area contributed by atoms with Gasteiger partial charge in [-0.25, -0.2) is 0 Å². The van der Waals surface area contributed by atoms with E-state index in [-0.39, 0.29) is 11.7 Å². The fourth-order valence-corrected chi connectivity index (χ4v) is 1.84. The number of ether oxygens (including phenoxy) is 1. The van der Waals surface area contributed by atoms with E-state index >= 15 is 0 Å². The Morgan fingerprint density at radius 1 is 1.62 bits per heavy atom. The number of aliphatic carboxylic acids is 1. The number of carboxylic acid groups (broad SMARTS) is 1. The Bertz CT molecular complexity index is 139. The predicted molar refractivity (Wildman–Crippen MR) is 55.3 cm³/mol. The Morgan fingerprint density at radius 2 is 2.31 bits per heavy atom. The molecule has 0 heterocycles. The van der Waals surface area contributed by atoms with E-state index in [4.69, 9.17) is 9.84 Å². The molecule has 0 spiro atoms. The third-order valence-corrected chi connectivity index (χ3v) is 2.76. The summed E-state index contributed by atoms with van der Waals surface area (Å²) in [7, 11) is 0. The molecule has 0 saturated heterocycles. The standard InChI is InChI=1S/C9H18O3S/c1-3-12-5-4-6-13-8(2)7-9(10)11/h8H,3-7H2,1-2H3,(H,10,11). The van der Waals surface area contributed by atoms with E-state index < -0.39 is 5.97 Å². The van der Waals surface area contributed by atoms with Gasteiger partial charge in [-0.3, -0.25) is 4.79 Å². The molecule has 0 aliphatic heterocycles. The number of thioether (sulfide) groups is 1. The van der Waals surface area contributed by atoms with E-state index in [1.54, 1.807) is 11.8 Å². The minimum atomic E-state index is -0.718. The van der Waals surface area contributed by atoms with Crippen molar-refractivity contribution in [1.82, 2.24) is 0 Å². The molecule has 0 aliphatic rings. The molecule has 0 aromatic heterocycles. The van der Waals surface area contributed by atoms with Crippen LogP contribution in [-0.2, 0) is 9.53 Å². The third kappa shape index (κ3) is 9.70. The molecular formula is C9H18O3S.